The number of nitrogens with zero attached hydrogens (tertiary/aromatic N) is 3. The molecule has 0 aliphatic heterocycles. The normalized spacial score (nSPS) is 11.9. The molecule has 1 N–H and O–H groups in total. The topological polar surface area (TPSA) is 42.7 Å². The Morgan fingerprint density at radius 3 is 2.55 bits per heavy atom. The van der Waals surface area contributed by atoms with E-state index in [2.05, 4.69) is 29.1 Å². The standard InChI is InChI=1S/C13H15F3N4/c1-9(2)8-20-6-5-17-12(20)19-10-3-4-11(18-7-10)13(14,15)16/h3-7,9H,8H2,1-2H3,(H,17,19). The van der Waals surface area contributed by atoms with Crippen LogP contribution in [0, 0.1) is 5.92 Å². The monoisotopic (exact) mass is 284 g/mol. The van der Waals surface area contributed by atoms with Gasteiger partial charge < -0.3 is 9.88 Å². The zero-order chi connectivity index (χ0) is 14.8. The fraction of sp³-hybridized carbons (Fsp3) is 0.385. The summed E-state index contributed by atoms with van der Waals surface area (Å²) in [5.41, 5.74) is -0.442. The van der Waals surface area contributed by atoms with Crippen LogP contribution in [0.2, 0.25) is 0 Å². The second-order valence-corrected chi connectivity index (χ2v) is 4.85. The van der Waals surface area contributed by atoms with Crippen LogP contribution < -0.4 is 5.32 Å². The van der Waals surface area contributed by atoms with E-state index < -0.39 is 11.9 Å². The molecule has 20 heavy (non-hydrogen) atoms. The second-order valence-electron chi connectivity index (χ2n) is 4.85. The SMILES string of the molecule is CC(C)Cn1ccnc1Nc1ccc(C(F)(F)F)nc1. The number of halogens is 3. The third-order valence-corrected chi connectivity index (χ3v) is 2.59. The van der Waals surface area contributed by atoms with Crippen molar-refractivity contribution in [2.45, 2.75) is 26.6 Å². The number of anilines is 2. The Morgan fingerprint density at radius 2 is 2.00 bits per heavy atom. The largest absolute Gasteiger partial charge is 0.433 e. The fourth-order valence-electron chi connectivity index (χ4n) is 1.74. The van der Waals surface area contributed by atoms with E-state index in [0.717, 1.165) is 18.8 Å². The predicted octanol–water partition coefficient (Wildman–Crippen LogP) is 3.70. The molecule has 2 aromatic heterocycles. The molecule has 0 aliphatic carbocycles. The lowest BCUT2D eigenvalue weighted by atomic mass is 10.2. The molecule has 108 valence electrons. The molecule has 0 spiro atoms. The molecule has 0 amide bonds. The molecule has 0 saturated heterocycles. The van der Waals surface area contributed by atoms with Gasteiger partial charge in [0.15, 0.2) is 0 Å². The maximum atomic E-state index is 12.4. The molecule has 0 bridgehead atoms. The van der Waals surface area contributed by atoms with Crippen molar-refractivity contribution in [1.82, 2.24) is 14.5 Å². The van der Waals surface area contributed by atoms with Gasteiger partial charge in [-0.1, -0.05) is 13.8 Å². The Morgan fingerprint density at radius 1 is 1.25 bits per heavy atom. The predicted molar refractivity (Wildman–Crippen MR) is 69.6 cm³/mol. The zero-order valence-corrected chi connectivity index (χ0v) is 11.1. The Bertz CT molecular complexity index is 558. The summed E-state index contributed by atoms with van der Waals surface area (Å²) in [6.45, 7) is 4.92. The van der Waals surface area contributed by atoms with E-state index in [1.54, 1.807) is 6.20 Å². The Labute approximate surface area is 114 Å². The number of imidazole rings is 1. The van der Waals surface area contributed by atoms with Gasteiger partial charge in [-0.25, -0.2) is 9.97 Å². The molecule has 7 heteroatoms. The molecule has 0 fully saturated rings. The first kappa shape index (κ1) is 14.4. The van der Waals surface area contributed by atoms with E-state index >= 15 is 0 Å². The van der Waals surface area contributed by atoms with Crippen LogP contribution in [-0.4, -0.2) is 14.5 Å². The number of pyridine rings is 1. The maximum Gasteiger partial charge on any atom is 0.433 e. The number of rotatable bonds is 4. The van der Waals surface area contributed by atoms with Gasteiger partial charge in [-0.2, -0.15) is 13.2 Å². The number of aromatic nitrogens is 3. The highest BCUT2D eigenvalue weighted by molar-refractivity contribution is 5.52. The van der Waals surface area contributed by atoms with Crippen LogP contribution in [0.1, 0.15) is 19.5 Å². The molecule has 2 rings (SSSR count). The summed E-state index contributed by atoms with van der Waals surface area (Å²) in [4.78, 5) is 7.53. The number of hydrogen-bond acceptors (Lipinski definition) is 3. The molecule has 0 saturated carbocycles. The lowest BCUT2D eigenvalue weighted by Gasteiger charge is -2.12. The van der Waals surface area contributed by atoms with Gasteiger partial charge in [0, 0.05) is 18.9 Å². The first-order valence-electron chi connectivity index (χ1n) is 6.17. The van der Waals surface area contributed by atoms with E-state index in [0.29, 0.717) is 17.6 Å². The average molecular weight is 284 g/mol. The van der Waals surface area contributed by atoms with Crippen molar-refractivity contribution < 1.29 is 13.2 Å². The van der Waals surface area contributed by atoms with E-state index in [9.17, 15) is 13.2 Å². The van der Waals surface area contributed by atoms with Crippen molar-refractivity contribution in [3.8, 4) is 0 Å². The average Bonchev–Trinajstić information content (AvgIpc) is 2.75. The van der Waals surface area contributed by atoms with E-state index in [4.69, 9.17) is 0 Å². The van der Waals surface area contributed by atoms with Gasteiger partial charge in [0.1, 0.15) is 5.69 Å². The first-order valence-corrected chi connectivity index (χ1v) is 6.17. The van der Waals surface area contributed by atoms with Crippen LogP contribution in [0.4, 0.5) is 24.8 Å². The molecule has 0 unspecified atom stereocenters. The molecule has 0 radical (unpaired) electrons. The number of alkyl halides is 3. The minimum Gasteiger partial charge on any atom is -0.324 e. The Kier molecular flexibility index (Phi) is 3.96. The van der Waals surface area contributed by atoms with E-state index in [-0.39, 0.29) is 0 Å². The van der Waals surface area contributed by atoms with Crippen LogP contribution in [0.15, 0.2) is 30.7 Å². The van der Waals surface area contributed by atoms with Crippen molar-refractivity contribution in [3.05, 3.63) is 36.4 Å². The molecular weight excluding hydrogens is 269 g/mol. The lowest BCUT2D eigenvalue weighted by Crippen LogP contribution is -2.09. The van der Waals surface area contributed by atoms with Gasteiger partial charge in [-0.05, 0) is 18.1 Å². The Hall–Kier alpha value is -2.05. The van der Waals surface area contributed by atoms with Crippen LogP contribution in [0.25, 0.3) is 0 Å². The van der Waals surface area contributed by atoms with Crippen LogP contribution in [0.3, 0.4) is 0 Å². The lowest BCUT2D eigenvalue weighted by molar-refractivity contribution is -0.141. The summed E-state index contributed by atoms with van der Waals surface area (Å²) in [5, 5.41) is 2.96. The number of nitrogens with one attached hydrogen (secondary N) is 1. The summed E-state index contributed by atoms with van der Waals surface area (Å²) in [6.07, 6.45) is 0.188. The molecule has 2 aromatic rings. The number of hydrogen-bond donors (Lipinski definition) is 1. The summed E-state index contributed by atoms with van der Waals surface area (Å²) >= 11 is 0. The smallest absolute Gasteiger partial charge is 0.324 e. The molecular formula is C13H15F3N4. The van der Waals surface area contributed by atoms with Crippen LogP contribution >= 0.6 is 0 Å². The van der Waals surface area contributed by atoms with Crippen molar-refractivity contribution in [3.63, 3.8) is 0 Å². The van der Waals surface area contributed by atoms with Gasteiger partial charge in [0.25, 0.3) is 0 Å². The second kappa shape index (κ2) is 5.52. The van der Waals surface area contributed by atoms with Gasteiger partial charge in [-0.15, -0.1) is 0 Å². The molecule has 0 aromatic carbocycles. The third-order valence-electron chi connectivity index (χ3n) is 2.59. The van der Waals surface area contributed by atoms with E-state index in [1.807, 2.05) is 10.8 Å². The zero-order valence-electron chi connectivity index (χ0n) is 11.1. The fourth-order valence-corrected chi connectivity index (χ4v) is 1.74. The van der Waals surface area contributed by atoms with Crippen molar-refractivity contribution >= 4 is 11.6 Å². The van der Waals surface area contributed by atoms with Crippen molar-refractivity contribution in [2.75, 3.05) is 5.32 Å². The van der Waals surface area contributed by atoms with Gasteiger partial charge in [0.2, 0.25) is 5.95 Å². The molecule has 0 aliphatic rings. The van der Waals surface area contributed by atoms with Gasteiger partial charge >= 0.3 is 6.18 Å². The van der Waals surface area contributed by atoms with E-state index in [1.165, 1.54) is 6.07 Å². The summed E-state index contributed by atoms with van der Waals surface area (Å²) in [6, 6.07) is 2.28. The highest BCUT2D eigenvalue weighted by Crippen LogP contribution is 2.28. The highest BCUT2D eigenvalue weighted by Gasteiger charge is 2.32. The summed E-state index contributed by atoms with van der Waals surface area (Å²) in [5.74, 6) is 1.02. The molecule has 4 nitrogen and oxygen atoms in total. The van der Waals surface area contributed by atoms with Crippen molar-refractivity contribution in [2.24, 2.45) is 5.92 Å². The minimum atomic E-state index is -4.42. The molecule has 2 heterocycles. The third kappa shape index (κ3) is 3.49. The first-order chi connectivity index (χ1) is 9.36. The quantitative estimate of drug-likeness (QED) is 0.931. The molecule has 0 atom stereocenters. The maximum absolute atomic E-state index is 12.4. The summed E-state index contributed by atoms with van der Waals surface area (Å²) < 4.78 is 39.1. The highest BCUT2D eigenvalue weighted by atomic mass is 19.4. The van der Waals surface area contributed by atoms with Gasteiger partial charge in [0.05, 0.1) is 11.9 Å². The Balaban J connectivity index is 2.13. The minimum absolute atomic E-state index is 0.440. The van der Waals surface area contributed by atoms with Crippen LogP contribution in [0.5, 0.6) is 0 Å². The van der Waals surface area contributed by atoms with Gasteiger partial charge in [-0.3, -0.25) is 0 Å². The van der Waals surface area contributed by atoms with Crippen LogP contribution in [-0.2, 0) is 12.7 Å². The van der Waals surface area contributed by atoms with Crippen molar-refractivity contribution in [1.29, 1.82) is 0 Å². The summed E-state index contributed by atoms with van der Waals surface area (Å²) in [7, 11) is 0.